The average molecular weight is 510 g/mol. The number of nitrogens with two attached hydrogens (primary N) is 1. The Balaban J connectivity index is 1.84. The Morgan fingerprint density at radius 1 is 1.26 bits per heavy atom. The highest BCUT2D eigenvalue weighted by atomic mass is 19.4. The van der Waals surface area contributed by atoms with Crippen molar-refractivity contribution in [2.75, 3.05) is 20.3 Å². The van der Waals surface area contributed by atoms with Crippen LogP contribution in [0.4, 0.5) is 31.1 Å². The Morgan fingerprint density at radius 2 is 1.91 bits per heavy atom. The van der Waals surface area contributed by atoms with Gasteiger partial charge in [-0.25, -0.2) is 14.3 Å². The number of nitrogens with one attached hydrogen (secondary N) is 1. The van der Waals surface area contributed by atoms with Crippen LogP contribution in [0.1, 0.15) is 57.0 Å². The summed E-state index contributed by atoms with van der Waals surface area (Å²) >= 11 is 0. The molecule has 0 unspecified atom stereocenters. The molecule has 3 N–H and O–H groups in total. The molecular formula is C21H28F6N6O2. The predicted octanol–water partition coefficient (Wildman–Crippen LogP) is 4.13. The minimum atomic E-state index is -4.66. The summed E-state index contributed by atoms with van der Waals surface area (Å²) in [5.74, 6) is 0. The van der Waals surface area contributed by atoms with Crippen LogP contribution in [0, 0.1) is 5.41 Å². The standard InChI is InChI=1S/C21H28F6N6O2/c1-18(2,20(22,23)24)6-5-13(28)14-9-33-16(30-14)7-12(8-29-33)15(10-35-4)32-11-19(3,21(25,26)27)31-17(32)34/h7-9,13,15H,5-6,10-11,28H2,1-4H3,(H,31,34)/t13-,15+,19-/m0/s1. The first-order valence-electron chi connectivity index (χ1n) is 10.8. The third-order valence-corrected chi connectivity index (χ3v) is 6.43. The van der Waals surface area contributed by atoms with Gasteiger partial charge >= 0.3 is 18.4 Å². The number of ether oxygens (including phenoxy) is 1. The molecule has 1 aliphatic heterocycles. The second kappa shape index (κ2) is 9.12. The zero-order valence-corrected chi connectivity index (χ0v) is 19.7. The van der Waals surface area contributed by atoms with Crippen LogP contribution in [0.5, 0.6) is 0 Å². The Bertz CT molecular complexity index is 1070. The van der Waals surface area contributed by atoms with Crippen LogP contribution in [-0.4, -0.2) is 63.7 Å². The molecule has 3 atom stereocenters. The topological polar surface area (TPSA) is 97.8 Å². The van der Waals surface area contributed by atoms with E-state index in [9.17, 15) is 31.1 Å². The maximum atomic E-state index is 13.5. The number of fused-ring (bicyclic) bond motifs is 1. The van der Waals surface area contributed by atoms with Crippen molar-refractivity contribution in [1.82, 2.24) is 24.8 Å². The van der Waals surface area contributed by atoms with Crippen molar-refractivity contribution in [3.8, 4) is 0 Å². The van der Waals surface area contributed by atoms with Crippen molar-refractivity contribution in [3.63, 3.8) is 0 Å². The highest BCUT2D eigenvalue weighted by Crippen LogP contribution is 2.42. The molecule has 2 aromatic rings. The molecule has 196 valence electrons. The summed E-state index contributed by atoms with van der Waals surface area (Å²) in [5, 5.41) is 6.19. The number of alkyl halides is 6. The maximum absolute atomic E-state index is 13.5. The fourth-order valence-electron chi connectivity index (χ4n) is 3.77. The Morgan fingerprint density at radius 3 is 2.46 bits per heavy atom. The number of hydrogen-bond donors (Lipinski definition) is 2. The van der Waals surface area contributed by atoms with Crippen molar-refractivity contribution in [1.29, 1.82) is 0 Å². The molecule has 3 heterocycles. The monoisotopic (exact) mass is 510 g/mol. The fourth-order valence-corrected chi connectivity index (χ4v) is 3.77. The molecule has 1 saturated heterocycles. The molecule has 0 spiro atoms. The second-order valence-electron chi connectivity index (χ2n) is 9.64. The zero-order chi connectivity index (χ0) is 26.4. The van der Waals surface area contributed by atoms with Crippen LogP contribution in [0.2, 0.25) is 0 Å². The number of imidazole rings is 1. The number of rotatable bonds is 8. The summed E-state index contributed by atoms with van der Waals surface area (Å²) < 4.78 is 86.3. The van der Waals surface area contributed by atoms with Gasteiger partial charge in [0.05, 0.1) is 42.7 Å². The third-order valence-electron chi connectivity index (χ3n) is 6.43. The van der Waals surface area contributed by atoms with E-state index in [1.807, 2.05) is 5.32 Å². The molecule has 8 nitrogen and oxygen atoms in total. The fraction of sp³-hybridized carbons (Fsp3) is 0.667. The quantitative estimate of drug-likeness (QED) is 0.521. The molecule has 3 rings (SSSR count). The minimum Gasteiger partial charge on any atom is -0.382 e. The lowest BCUT2D eigenvalue weighted by Gasteiger charge is -2.29. The average Bonchev–Trinajstić information content (AvgIpc) is 3.29. The van der Waals surface area contributed by atoms with Crippen LogP contribution in [0.25, 0.3) is 5.65 Å². The van der Waals surface area contributed by atoms with Crippen molar-refractivity contribution in [3.05, 3.63) is 29.7 Å². The van der Waals surface area contributed by atoms with Gasteiger partial charge in [0.1, 0.15) is 0 Å². The van der Waals surface area contributed by atoms with Gasteiger partial charge in [0.2, 0.25) is 0 Å². The molecule has 1 aliphatic rings. The van der Waals surface area contributed by atoms with Crippen LogP contribution >= 0.6 is 0 Å². The maximum Gasteiger partial charge on any atom is 0.413 e. The van der Waals surface area contributed by atoms with E-state index in [-0.39, 0.29) is 25.1 Å². The molecule has 1 fully saturated rings. The van der Waals surface area contributed by atoms with Gasteiger partial charge < -0.3 is 20.7 Å². The lowest BCUT2D eigenvalue weighted by atomic mass is 9.85. The first-order valence-corrected chi connectivity index (χ1v) is 10.8. The van der Waals surface area contributed by atoms with Crippen molar-refractivity contribution in [2.45, 2.75) is 63.6 Å². The van der Waals surface area contributed by atoms with Gasteiger partial charge in [-0.2, -0.15) is 31.4 Å². The summed E-state index contributed by atoms with van der Waals surface area (Å²) in [4.78, 5) is 17.8. The summed E-state index contributed by atoms with van der Waals surface area (Å²) in [6.07, 6.45) is -6.35. The van der Waals surface area contributed by atoms with Crippen LogP contribution in [0.3, 0.4) is 0 Å². The summed E-state index contributed by atoms with van der Waals surface area (Å²) in [5.41, 5.74) is 2.72. The molecule has 14 heteroatoms. The van der Waals surface area contributed by atoms with Gasteiger partial charge in [-0.1, -0.05) is 13.8 Å². The number of carbonyl (C=O) groups excluding carboxylic acids is 1. The lowest BCUT2D eigenvalue weighted by molar-refractivity contribution is -0.214. The molecular weight excluding hydrogens is 482 g/mol. The highest BCUT2D eigenvalue weighted by molar-refractivity contribution is 5.78. The van der Waals surface area contributed by atoms with Crippen molar-refractivity contribution < 1.29 is 35.9 Å². The van der Waals surface area contributed by atoms with Crippen LogP contribution < -0.4 is 11.1 Å². The normalized spacial score (nSPS) is 21.5. The number of aromatic nitrogens is 3. The first-order chi connectivity index (χ1) is 16.0. The Kier molecular flexibility index (Phi) is 7.03. The number of hydrogen-bond acceptors (Lipinski definition) is 5. The third kappa shape index (κ3) is 5.32. The SMILES string of the molecule is COC[C@H](c1cnn2cc([C@@H](N)CCC(C)(C)C(F)(F)F)nc2c1)N1C[C@@](C)(C(F)(F)F)NC1=O. The number of amides is 2. The van der Waals surface area contributed by atoms with E-state index < -0.39 is 48.0 Å². The van der Waals surface area contributed by atoms with Crippen molar-refractivity contribution in [2.24, 2.45) is 11.1 Å². The summed E-state index contributed by atoms with van der Waals surface area (Å²) in [7, 11) is 1.35. The van der Waals surface area contributed by atoms with E-state index in [1.165, 1.54) is 30.1 Å². The van der Waals surface area contributed by atoms with E-state index in [0.717, 1.165) is 25.7 Å². The molecule has 2 amide bonds. The molecule has 2 aromatic heterocycles. The van der Waals surface area contributed by atoms with Gasteiger partial charge in [-0.05, 0) is 25.8 Å². The smallest absolute Gasteiger partial charge is 0.382 e. The van der Waals surface area contributed by atoms with E-state index in [2.05, 4.69) is 10.1 Å². The molecule has 0 radical (unpaired) electrons. The summed E-state index contributed by atoms with van der Waals surface area (Å²) in [6.45, 7) is 2.38. The number of halogens is 6. The molecule has 0 aliphatic carbocycles. The van der Waals surface area contributed by atoms with E-state index in [0.29, 0.717) is 11.3 Å². The summed E-state index contributed by atoms with van der Waals surface area (Å²) in [6, 6.07) is -1.04. The van der Waals surface area contributed by atoms with Gasteiger partial charge in [-0.15, -0.1) is 0 Å². The Hall–Kier alpha value is -2.61. The number of methoxy groups -OCH3 is 1. The first kappa shape index (κ1) is 27.0. The Labute approximate surface area is 197 Å². The van der Waals surface area contributed by atoms with Crippen LogP contribution in [0.15, 0.2) is 18.5 Å². The highest BCUT2D eigenvalue weighted by Gasteiger charge is 2.58. The second-order valence-corrected chi connectivity index (χ2v) is 9.64. The van der Waals surface area contributed by atoms with E-state index in [4.69, 9.17) is 10.5 Å². The van der Waals surface area contributed by atoms with Gasteiger partial charge in [0, 0.05) is 18.7 Å². The van der Waals surface area contributed by atoms with Gasteiger partial charge in [0.15, 0.2) is 11.2 Å². The predicted molar refractivity (Wildman–Crippen MR) is 113 cm³/mol. The molecule has 35 heavy (non-hydrogen) atoms. The number of nitrogens with zero attached hydrogens (tertiary/aromatic N) is 4. The number of urea groups is 1. The van der Waals surface area contributed by atoms with E-state index >= 15 is 0 Å². The van der Waals surface area contributed by atoms with Gasteiger partial charge in [-0.3, -0.25) is 0 Å². The minimum absolute atomic E-state index is 0.0273. The van der Waals surface area contributed by atoms with Gasteiger partial charge in [0.25, 0.3) is 0 Å². The van der Waals surface area contributed by atoms with Crippen molar-refractivity contribution >= 4 is 11.7 Å². The molecule has 0 saturated carbocycles. The number of carbonyl (C=O) groups is 1. The largest absolute Gasteiger partial charge is 0.413 e. The van der Waals surface area contributed by atoms with E-state index in [1.54, 1.807) is 0 Å². The lowest BCUT2D eigenvalue weighted by Crippen LogP contribution is -2.53. The van der Waals surface area contributed by atoms with Crippen LogP contribution in [-0.2, 0) is 4.74 Å². The molecule has 0 bridgehead atoms. The molecule has 0 aromatic carbocycles. The zero-order valence-electron chi connectivity index (χ0n) is 19.7.